The first-order chi connectivity index (χ1) is 20.9. The predicted octanol–water partition coefficient (Wildman–Crippen LogP) is 5.46. The smallest absolute Gasteiger partial charge is 0.229 e. The Labute approximate surface area is 251 Å². The number of aryl methyl sites for hydroxylation is 3. The first-order valence-corrected chi connectivity index (χ1v) is 14.5. The van der Waals surface area contributed by atoms with Gasteiger partial charge in [-0.1, -0.05) is 24.3 Å². The summed E-state index contributed by atoms with van der Waals surface area (Å²) in [7, 11) is 0. The van der Waals surface area contributed by atoms with E-state index in [9.17, 15) is 4.79 Å². The van der Waals surface area contributed by atoms with E-state index < -0.39 is 0 Å². The number of carbonyl (C=O) groups is 1. The summed E-state index contributed by atoms with van der Waals surface area (Å²) < 4.78 is 6.03. The summed E-state index contributed by atoms with van der Waals surface area (Å²) in [6.45, 7) is 10.2. The van der Waals surface area contributed by atoms with Crippen LogP contribution in [0.15, 0.2) is 91.1 Å². The molecule has 4 N–H and O–H groups in total. The van der Waals surface area contributed by atoms with Gasteiger partial charge in [0.15, 0.2) is 11.8 Å². The number of carbonyl (C=O) groups excluding carboxylic acids is 1. The van der Waals surface area contributed by atoms with E-state index in [1.165, 1.54) is 0 Å². The van der Waals surface area contributed by atoms with E-state index in [2.05, 4.69) is 78.1 Å². The lowest BCUT2D eigenvalue weighted by molar-refractivity contribution is -0.117. The number of hydrogen-bond donors (Lipinski definition) is 4. The molecule has 6 bridgehead atoms. The second kappa shape index (κ2) is 12.4. The van der Waals surface area contributed by atoms with Gasteiger partial charge >= 0.3 is 0 Å². The zero-order valence-corrected chi connectivity index (χ0v) is 24.5. The summed E-state index contributed by atoms with van der Waals surface area (Å²) in [4.78, 5) is 28.9. The molecule has 1 aromatic carbocycles. The Morgan fingerprint density at radius 2 is 2.02 bits per heavy atom. The third kappa shape index (κ3) is 6.86. The molecule has 1 atom stereocenters. The van der Waals surface area contributed by atoms with Crippen LogP contribution in [0.4, 0.5) is 28.8 Å². The zero-order valence-electron chi connectivity index (χ0n) is 24.5. The lowest BCUT2D eigenvalue weighted by atomic mass is 10.00. The fourth-order valence-corrected chi connectivity index (χ4v) is 5.34. The Kier molecular flexibility index (Phi) is 8.08. The SMILES string of the molecule is C=C(OC1=C(C)C=CCN1)N1CC=CC(CC(=O)Nc2ccc3cc2CCc2cncc(c2)Nc2ncc(C)c(n2)N3)C1. The van der Waals surface area contributed by atoms with Gasteiger partial charge in [-0.25, -0.2) is 4.98 Å². The van der Waals surface area contributed by atoms with Gasteiger partial charge in [0.05, 0.1) is 11.9 Å². The van der Waals surface area contributed by atoms with Crippen LogP contribution in [-0.4, -0.2) is 45.4 Å². The number of ether oxygens (including phenoxy) is 1. The maximum Gasteiger partial charge on any atom is 0.229 e. The van der Waals surface area contributed by atoms with Crippen molar-refractivity contribution in [3.63, 3.8) is 0 Å². The summed E-state index contributed by atoms with van der Waals surface area (Å²) >= 11 is 0. The molecule has 10 heteroatoms. The lowest BCUT2D eigenvalue weighted by Crippen LogP contribution is -2.35. The van der Waals surface area contributed by atoms with E-state index >= 15 is 0 Å². The van der Waals surface area contributed by atoms with Crippen LogP contribution >= 0.6 is 0 Å². The maximum absolute atomic E-state index is 13.3. The highest BCUT2D eigenvalue weighted by Gasteiger charge is 2.22. The number of dihydropyridines is 1. The van der Waals surface area contributed by atoms with E-state index in [-0.39, 0.29) is 11.8 Å². The second-order valence-electron chi connectivity index (χ2n) is 11.1. The van der Waals surface area contributed by atoms with Crippen LogP contribution in [0.5, 0.6) is 0 Å². The Bertz CT molecular complexity index is 1640. The molecule has 1 amide bonds. The Balaban J connectivity index is 1.15. The van der Waals surface area contributed by atoms with Crippen LogP contribution < -0.4 is 21.3 Å². The second-order valence-corrected chi connectivity index (χ2v) is 11.1. The number of hydrogen-bond acceptors (Lipinski definition) is 9. The van der Waals surface area contributed by atoms with Crippen LogP contribution in [0, 0.1) is 12.8 Å². The number of rotatable bonds is 6. The highest BCUT2D eigenvalue weighted by Crippen LogP contribution is 2.28. The minimum Gasteiger partial charge on any atom is -0.426 e. The van der Waals surface area contributed by atoms with Crippen LogP contribution in [-0.2, 0) is 22.4 Å². The quantitative estimate of drug-likeness (QED) is 0.224. The molecule has 3 aromatic rings. The fourth-order valence-electron chi connectivity index (χ4n) is 5.34. The van der Waals surface area contributed by atoms with Crippen molar-refractivity contribution in [3.8, 4) is 0 Å². The number of pyridine rings is 1. The van der Waals surface area contributed by atoms with Gasteiger partial charge in [-0.2, -0.15) is 4.98 Å². The number of nitrogens with zero attached hydrogens (tertiary/aromatic N) is 4. The largest absolute Gasteiger partial charge is 0.426 e. The topological polar surface area (TPSA) is 116 Å². The van der Waals surface area contributed by atoms with E-state index in [1.807, 2.05) is 38.3 Å². The standard InChI is InChI=1S/C33H36N8O2/c1-21-6-4-12-35-32(21)43-23(3)41-13-5-7-25(20-41)15-30(42)39-29-11-10-27-16-26(29)9-8-24-14-28(19-34-18-24)38-33-36-17-22(2)31(37-27)40-33/h4-7,10-11,14,16-19,25,35H,3,8-9,12-13,15,20H2,1-2H3,(H,39,42)(H2,36,37,38,40). The molecule has 0 saturated heterocycles. The Morgan fingerprint density at radius 1 is 1.12 bits per heavy atom. The van der Waals surface area contributed by atoms with Crippen molar-refractivity contribution >= 4 is 34.7 Å². The van der Waals surface area contributed by atoms with Crippen molar-refractivity contribution in [3.05, 3.63) is 108 Å². The van der Waals surface area contributed by atoms with Gasteiger partial charge in [0.25, 0.3) is 0 Å². The lowest BCUT2D eigenvalue weighted by Gasteiger charge is -2.32. The molecule has 10 nitrogen and oxygen atoms in total. The molecule has 0 aliphatic carbocycles. The molecule has 6 rings (SSSR count). The summed E-state index contributed by atoms with van der Waals surface area (Å²) in [5, 5.41) is 13.1. The minimum atomic E-state index is -0.0373. The van der Waals surface area contributed by atoms with Gasteiger partial charge in [-0.3, -0.25) is 9.78 Å². The summed E-state index contributed by atoms with van der Waals surface area (Å²) in [6.07, 6.45) is 15.5. The molecular weight excluding hydrogens is 540 g/mol. The summed E-state index contributed by atoms with van der Waals surface area (Å²) in [6, 6.07) is 8.05. The van der Waals surface area contributed by atoms with Gasteiger partial charge in [-0.15, -0.1) is 0 Å². The highest BCUT2D eigenvalue weighted by atomic mass is 16.5. The molecule has 5 heterocycles. The molecule has 3 aliphatic rings. The Morgan fingerprint density at radius 3 is 2.91 bits per heavy atom. The minimum absolute atomic E-state index is 0.0330. The maximum atomic E-state index is 13.3. The van der Waals surface area contributed by atoms with E-state index in [0.29, 0.717) is 37.2 Å². The third-order valence-corrected chi connectivity index (χ3v) is 7.66. The predicted molar refractivity (Wildman–Crippen MR) is 169 cm³/mol. The van der Waals surface area contributed by atoms with Crippen LogP contribution in [0.1, 0.15) is 30.0 Å². The monoisotopic (exact) mass is 576 g/mol. The number of fused-ring (bicyclic) bond motifs is 6. The molecule has 0 saturated carbocycles. The highest BCUT2D eigenvalue weighted by molar-refractivity contribution is 5.92. The van der Waals surface area contributed by atoms with Crippen LogP contribution in [0.2, 0.25) is 0 Å². The normalized spacial score (nSPS) is 17.3. The van der Waals surface area contributed by atoms with Gasteiger partial charge in [0.1, 0.15) is 5.82 Å². The average Bonchev–Trinajstić information content (AvgIpc) is 3.00. The zero-order chi connectivity index (χ0) is 29.8. The Hall–Kier alpha value is -5.12. The van der Waals surface area contributed by atoms with Crippen LogP contribution in [0.25, 0.3) is 0 Å². The third-order valence-electron chi connectivity index (χ3n) is 7.66. The van der Waals surface area contributed by atoms with Crippen LogP contribution in [0.3, 0.4) is 0 Å². The molecule has 0 spiro atoms. The molecule has 1 unspecified atom stereocenters. The first kappa shape index (κ1) is 28.0. The van der Waals surface area contributed by atoms with Gasteiger partial charge in [0, 0.05) is 66.9 Å². The molecule has 0 radical (unpaired) electrons. The summed E-state index contributed by atoms with van der Waals surface area (Å²) in [5.74, 6) is 2.50. The number of anilines is 5. The molecule has 220 valence electrons. The van der Waals surface area contributed by atoms with Gasteiger partial charge in [0.2, 0.25) is 11.9 Å². The number of aromatic nitrogens is 3. The van der Waals surface area contributed by atoms with Crippen molar-refractivity contribution in [2.45, 2.75) is 33.1 Å². The van der Waals surface area contributed by atoms with Crippen molar-refractivity contribution in [1.82, 2.24) is 25.2 Å². The number of allylic oxidation sites excluding steroid dienone is 2. The first-order valence-electron chi connectivity index (χ1n) is 14.5. The molecule has 0 fully saturated rings. The average molecular weight is 577 g/mol. The number of benzene rings is 1. The fraction of sp³-hybridized carbons (Fsp3) is 0.273. The molecule has 43 heavy (non-hydrogen) atoms. The summed E-state index contributed by atoms with van der Waals surface area (Å²) in [5.41, 5.74) is 6.58. The van der Waals surface area contributed by atoms with Crippen molar-refractivity contribution in [2.24, 2.45) is 5.92 Å². The van der Waals surface area contributed by atoms with E-state index in [1.54, 1.807) is 12.4 Å². The number of amides is 1. The van der Waals surface area contributed by atoms with Crippen molar-refractivity contribution in [1.29, 1.82) is 0 Å². The van der Waals surface area contributed by atoms with Gasteiger partial charge in [-0.05, 0) is 68.7 Å². The van der Waals surface area contributed by atoms with E-state index in [4.69, 9.17) is 4.74 Å². The van der Waals surface area contributed by atoms with Crippen molar-refractivity contribution < 1.29 is 9.53 Å². The van der Waals surface area contributed by atoms with Gasteiger partial charge < -0.3 is 30.9 Å². The molecule has 2 aromatic heterocycles. The van der Waals surface area contributed by atoms with Crippen molar-refractivity contribution in [2.75, 3.05) is 35.6 Å². The number of nitrogens with one attached hydrogen (secondary N) is 4. The molecule has 3 aliphatic heterocycles. The van der Waals surface area contributed by atoms with E-state index in [0.717, 1.165) is 64.6 Å². The molecular formula is C33H36N8O2.